The number of carbonyl (C=O) groups excluding carboxylic acids is 9. The van der Waals surface area contributed by atoms with E-state index in [-0.39, 0.29) is 103 Å². The van der Waals surface area contributed by atoms with Crippen molar-refractivity contribution in [3.05, 3.63) is 77.9 Å². The van der Waals surface area contributed by atoms with Crippen molar-refractivity contribution in [3.63, 3.8) is 0 Å². The van der Waals surface area contributed by atoms with Crippen molar-refractivity contribution in [2.75, 3.05) is 46.3 Å². The van der Waals surface area contributed by atoms with Gasteiger partial charge < -0.3 is 45.2 Å². The Labute approximate surface area is 491 Å². The Morgan fingerprint density at radius 2 is 1.47 bits per heavy atom. The molecule has 4 N–H and O–H groups in total. The number of aliphatic hydroxyl groups is 1. The minimum absolute atomic E-state index is 0.00127. The summed E-state index contributed by atoms with van der Waals surface area (Å²) in [4.78, 5) is 128. The smallest absolute Gasteiger partial charge is 0.253 e. The quantitative estimate of drug-likeness (QED) is 0.0432. The zero-order valence-electron chi connectivity index (χ0n) is 50.4. The number of likely N-dealkylation sites (tertiary alicyclic amines) is 2. The monoisotopic (exact) mass is 1150 g/mol. The topological polar surface area (TPSA) is 241 Å². The van der Waals surface area contributed by atoms with Crippen LogP contribution in [-0.2, 0) is 65.6 Å². The molecule has 456 valence electrons. The number of aliphatic hydroxyl groups excluding tert-OH is 1. The number of Topliss-reactive ketones (excluding diaryl/α,β-unsaturated/α-hetero) is 1. The van der Waals surface area contributed by atoms with Gasteiger partial charge in [-0.3, -0.25) is 48.1 Å². The van der Waals surface area contributed by atoms with E-state index in [9.17, 15) is 48.3 Å². The van der Waals surface area contributed by atoms with Crippen molar-refractivity contribution in [2.45, 2.75) is 193 Å². The van der Waals surface area contributed by atoms with Gasteiger partial charge in [0.2, 0.25) is 35.4 Å². The fourth-order valence-electron chi connectivity index (χ4n) is 12.9. The number of benzene rings is 2. The number of likely N-dealkylation sites (N-methyl/N-ethyl adjacent to an activating group) is 1. The molecule has 2 saturated heterocycles. The number of hydrogen-bond acceptors (Lipinski definition) is 12. The molecular weight excluding hydrogens is 1060 g/mol. The van der Waals surface area contributed by atoms with Crippen molar-refractivity contribution in [3.8, 4) is 0 Å². The Morgan fingerprint density at radius 1 is 0.783 bits per heavy atom. The summed E-state index contributed by atoms with van der Waals surface area (Å²) in [6, 6.07) is 14.1. The number of piperidine rings is 1. The number of rotatable bonds is 34. The van der Waals surface area contributed by atoms with Gasteiger partial charge in [-0.1, -0.05) is 96.3 Å². The zero-order valence-corrected chi connectivity index (χ0v) is 50.4. The van der Waals surface area contributed by atoms with Crippen LogP contribution in [0.2, 0.25) is 0 Å². The number of ketones is 1. The second-order valence-corrected chi connectivity index (χ2v) is 23.8. The lowest BCUT2D eigenvalue weighted by Crippen LogP contribution is -2.60. The van der Waals surface area contributed by atoms with Crippen LogP contribution in [-0.4, -0.2) is 161 Å². The van der Waals surface area contributed by atoms with Crippen LogP contribution in [0.25, 0.3) is 0 Å². The third-order valence-corrected chi connectivity index (χ3v) is 17.8. The van der Waals surface area contributed by atoms with Crippen molar-refractivity contribution < 1.29 is 57.7 Å². The van der Waals surface area contributed by atoms with Gasteiger partial charge in [0.1, 0.15) is 17.9 Å². The van der Waals surface area contributed by atoms with E-state index in [2.05, 4.69) is 16.0 Å². The number of unbranched alkanes of at least 4 members (excludes halogenated alkanes) is 4. The van der Waals surface area contributed by atoms with Crippen molar-refractivity contribution in [1.29, 1.82) is 0 Å². The molecule has 19 nitrogen and oxygen atoms in total. The van der Waals surface area contributed by atoms with Gasteiger partial charge in [-0.15, -0.1) is 0 Å². The second kappa shape index (κ2) is 32.1. The summed E-state index contributed by atoms with van der Waals surface area (Å²) < 4.78 is 12.3. The van der Waals surface area contributed by atoms with E-state index in [0.717, 1.165) is 36.8 Å². The summed E-state index contributed by atoms with van der Waals surface area (Å²) in [6.07, 6.45) is 10.2. The van der Waals surface area contributed by atoms with Gasteiger partial charge >= 0.3 is 0 Å². The molecule has 2 bridgehead atoms. The third-order valence-electron chi connectivity index (χ3n) is 17.8. The number of nitrogens with zero attached hydrogens (tertiary/aromatic N) is 4. The van der Waals surface area contributed by atoms with Crippen molar-refractivity contribution in [1.82, 2.24) is 30.2 Å². The Hall–Kier alpha value is -6.31. The number of carbonyl (C=O) groups is 9. The van der Waals surface area contributed by atoms with Gasteiger partial charge in [0.05, 0.1) is 30.7 Å². The van der Waals surface area contributed by atoms with Crippen LogP contribution in [0.5, 0.6) is 0 Å². The lowest BCUT2D eigenvalue weighted by molar-refractivity contribution is -0.149. The summed E-state index contributed by atoms with van der Waals surface area (Å²) in [5.74, 6) is -3.98. The number of amides is 8. The van der Waals surface area contributed by atoms with E-state index < -0.39 is 48.2 Å². The molecule has 0 aromatic heterocycles. The predicted octanol–water partition coefficient (Wildman–Crippen LogP) is 6.54. The maximum atomic E-state index is 14.8. The summed E-state index contributed by atoms with van der Waals surface area (Å²) >= 11 is 0. The predicted molar refractivity (Wildman–Crippen MR) is 315 cm³/mol. The van der Waals surface area contributed by atoms with E-state index in [4.69, 9.17) is 9.47 Å². The lowest BCUT2D eigenvalue weighted by atomic mass is 9.85. The van der Waals surface area contributed by atoms with E-state index in [1.165, 1.54) is 24.2 Å². The first-order valence-corrected chi connectivity index (χ1v) is 30.4. The summed E-state index contributed by atoms with van der Waals surface area (Å²) in [7, 11) is 4.78. The molecule has 8 amide bonds. The fourth-order valence-corrected chi connectivity index (χ4v) is 12.9. The number of anilines is 1. The number of ether oxygens (including phenoxy) is 2. The highest BCUT2D eigenvalue weighted by molar-refractivity contribution is 6.12. The minimum atomic E-state index is -0.904. The molecule has 2 aromatic rings. The van der Waals surface area contributed by atoms with Gasteiger partial charge in [0, 0.05) is 102 Å². The maximum absolute atomic E-state index is 14.8. The maximum Gasteiger partial charge on any atom is 0.253 e. The van der Waals surface area contributed by atoms with Gasteiger partial charge in [-0.25, -0.2) is 0 Å². The van der Waals surface area contributed by atoms with Gasteiger partial charge in [0.15, 0.2) is 0 Å². The van der Waals surface area contributed by atoms with Gasteiger partial charge in [-0.2, -0.15) is 0 Å². The lowest BCUT2D eigenvalue weighted by Gasteiger charge is -2.41. The average Bonchev–Trinajstić information content (AvgIpc) is 2.90. The zero-order chi connectivity index (χ0) is 60.3. The Balaban J connectivity index is 1.06. The molecule has 1 saturated carbocycles. The standard InChI is InChI=1S/C64H93N7O12/c1-9-42(4)59(68(6)64(81)58(41(2)3)67-63(80)60-46-27-30-49(37-46)71(60)56(77)24-16-12-18-35-72)52(82-7)39-57(78)69-34-19-22-50(69)61(83-8)43(5)51(73)38-47(36-44-20-13-10-14-21-44)62(79)66-48-28-25-45(26-29-48)40-65-53(74)23-15-11-17-33-70-54(75)31-32-55(70)76/h10,13-14,20-21,25-26,28-29,31-32,41-43,46-47,49-50,52,58-61,72H,9,11-12,15-19,22-24,27,30,33-40H2,1-8H3,(H,65,74)(H,66,79)(H,67,80)/t42-,43-,46-,47+,49-,50-,52+,58-,59-,60-,61+/m0/s1. The minimum Gasteiger partial charge on any atom is -0.396 e. The summed E-state index contributed by atoms with van der Waals surface area (Å²) in [5.41, 5.74) is 2.25. The Kier molecular flexibility index (Phi) is 25.5. The molecule has 6 rings (SSSR count). The van der Waals surface area contributed by atoms with Crippen molar-refractivity contribution >= 4 is 58.7 Å². The summed E-state index contributed by atoms with van der Waals surface area (Å²) in [5, 5.41) is 18.2. The third kappa shape index (κ3) is 17.6. The van der Waals surface area contributed by atoms with Crippen molar-refractivity contribution in [2.24, 2.45) is 29.6 Å². The van der Waals surface area contributed by atoms with Crippen LogP contribution in [0.4, 0.5) is 5.69 Å². The van der Waals surface area contributed by atoms with E-state index in [1.807, 2.05) is 70.2 Å². The first-order chi connectivity index (χ1) is 39.8. The molecule has 3 aliphatic heterocycles. The molecule has 0 spiro atoms. The highest BCUT2D eigenvalue weighted by atomic mass is 16.5. The van der Waals surface area contributed by atoms with Crippen LogP contribution in [0.1, 0.15) is 148 Å². The van der Waals surface area contributed by atoms with E-state index in [1.54, 1.807) is 47.9 Å². The first-order valence-electron chi connectivity index (χ1n) is 30.4. The van der Waals surface area contributed by atoms with Crippen LogP contribution >= 0.6 is 0 Å². The Bertz CT molecular complexity index is 2540. The highest BCUT2D eigenvalue weighted by Crippen LogP contribution is 2.43. The largest absolute Gasteiger partial charge is 0.396 e. The number of imide groups is 1. The number of hydrogen-bond donors (Lipinski definition) is 4. The highest BCUT2D eigenvalue weighted by Gasteiger charge is 2.52. The molecule has 3 fully saturated rings. The van der Waals surface area contributed by atoms with Gasteiger partial charge in [-0.05, 0) is 105 Å². The van der Waals surface area contributed by atoms with Crippen LogP contribution in [0.15, 0.2) is 66.7 Å². The molecule has 3 heterocycles. The molecular formula is C64H93N7O12. The van der Waals surface area contributed by atoms with Crippen LogP contribution in [0.3, 0.4) is 0 Å². The SMILES string of the molecule is CC[C@H](C)[C@@H]([C@@H](CC(=O)N1CCC[C@H]1[C@H](OC)[C@@H](C)C(=O)C[C@@H](Cc1ccccc1)C(=O)Nc1ccc(CNC(=O)CCCCCN2C(=O)C=CC2=O)cc1)OC)N(C)C(=O)[C@@H](NC(=O)[C@@H]1[C@H]2CC[C@@H](C2)N1C(=O)CCCCCO)C(C)C. The van der Waals surface area contributed by atoms with Crippen LogP contribution in [0, 0.1) is 29.6 Å². The molecule has 1 aliphatic carbocycles. The molecule has 11 atom stereocenters. The molecule has 2 aromatic carbocycles. The molecule has 0 unspecified atom stereocenters. The van der Waals surface area contributed by atoms with Gasteiger partial charge in [0.25, 0.3) is 11.8 Å². The first kappa shape index (κ1) is 65.8. The van der Waals surface area contributed by atoms with Crippen LogP contribution < -0.4 is 16.0 Å². The molecule has 0 radical (unpaired) electrons. The Morgan fingerprint density at radius 3 is 2.12 bits per heavy atom. The second-order valence-electron chi connectivity index (χ2n) is 23.8. The fraction of sp³-hybridized carbons (Fsp3) is 0.641. The van der Waals surface area contributed by atoms with E-state index in [0.29, 0.717) is 89.4 Å². The molecule has 4 aliphatic rings. The molecule has 19 heteroatoms. The number of nitrogens with one attached hydrogen (secondary N) is 3. The van der Waals surface area contributed by atoms with E-state index >= 15 is 0 Å². The number of methoxy groups -OCH3 is 2. The molecule has 83 heavy (non-hydrogen) atoms. The average molecular weight is 1150 g/mol. The normalized spacial score (nSPS) is 20.9. The number of fused-ring (bicyclic) bond motifs is 2. The summed E-state index contributed by atoms with van der Waals surface area (Å²) in [6.45, 7) is 10.7.